The molecule has 1 aliphatic carbocycles. The molecule has 31 nitrogen and oxygen atoms in total. The van der Waals surface area contributed by atoms with Gasteiger partial charge < -0.3 is 97.4 Å². The Bertz CT molecular complexity index is 4690. The first-order chi connectivity index (χ1) is 60.4. The average Bonchev–Trinajstić information content (AvgIpc) is 1.53. The second-order valence-electron chi connectivity index (χ2n) is 30.2. The predicted molar refractivity (Wildman–Crippen MR) is 452 cm³/mol. The number of carbonyl (C=O) groups excluding carboxylic acids is 9. The number of pyridine rings is 2. The number of amides is 5. The number of carbonyl (C=O) groups is 9. The number of Topliss-reactive ketones (excluding diaryl/α,β-unsaturated/α-hetero) is 3. The zero-order valence-corrected chi connectivity index (χ0v) is 71.0. The summed E-state index contributed by atoms with van der Waals surface area (Å²) in [6.07, 6.45) is 1.09. The molecular weight excluding hydrogens is 1610 g/mol. The van der Waals surface area contributed by atoms with E-state index in [1.165, 1.54) is 10.6 Å². The van der Waals surface area contributed by atoms with Gasteiger partial charge in [-0.2, -0.15) is 0 Å². The van der Waals surface area contributed by atoms with Crippen molar-refractivity contribution >= 4 is 69.4 Å². The zero-order chi connectivity index (χ0) is 87.7. The first-order valence-corrected chi connectivity index (χ1v) is 42.8. The zero-order valence-electron chi connectivity index (χ0n) is 71.0. The number of benzene rings is 4. The van der Waals surface area contributed by atoms with Gasteiger partial charge in [0.25, 0.3) is 5.56 Å². The molecule has 3 aliphatic heterocycles. The van der Waals surface area contributed by atoms with Crippen molar-refractivity contribution in [3.63, 3.8) is 0 Å². The van der Waals surface area contributed by atoms with Crippen LogP contribution < -0.4 is 31.7 Å². The van der Waals surface area contributed by atoms with Crippen LogP contribution in [0.25, 0.3) is 22.3 Å². The summed E-state index contributed by atoms with van der Waals surface area (Å²) in [6.45, 7) is 12.8. The topological polar surface area (TPSA) is 380 Å². The number of nitrogens with zero attached hydrogens (tertiary/aromatic N) is 3. The fourth-order valence-corrected chi connectivity index (χ4v) is 14.8. The lowest BCUT2D eigenvalue weighted by Crippen LogP contribution is -2.44. The number of hydrogen-bond acceptors (Lipinski definition) is 25. The van der Waals surface area contributed by atoms with Crippen LogP contribution in [0.4, 0.5) is 10.1 Å². The van der Waals surface area contributed by atoms with Crippen molar-refractivity contribution < 1.29 is 114 Å². The standard InChI is InChI=1S/C92H116FN7O24/c1-3-92(111)75-58-80-89-73(62-100(80)90(109)74(75)63-124-91(92)110)87-68(21-23-72-64(2)76(93)59-78(98-89)88(72)87)57-70(101)17-11-30-94-82(104)26-24-81(103)77(56-65-12-5-4-6-13-65)97-85(107)25-22-71(102)60-96-84(106)29-32-112-34-36-114-38-40-116-42-44-118-46-48-120-50-52-122-54-55-123-53-51-121-49-47-119-45-43-117-41-39-115-37-35-113-33-31-95-83(105)27-28-86(108)99-61-69-16-8-7-14-66(69)19-20-67-15-9-10-18-79(67)99/h4-10,12-16,18,58-59,68,77,111H,3,11,17,21-57,60-63H2,1-2H3,(H,94,104)(H,95,105)(H,96,106)(H,97,107)/t68-,77-,92+/m1/s1. The Balaban J connectivity index is 0.457. The quantitative estimate of drug-likeness (QED) is 0.0157. The molecule has 10 rings (SSSR count). The van der Waals surface area contributed by atoms with Gasteiger partial charge in [0.1, 0.15) is 18.2 Å². The van der Waals surface area contributed by atoms with Crippen molar-refractivity contribution in [1.82, 2.24) is 30.8 Å². The van der Waals surface area contributed by atoms with Crippen LogP contribution in [0.15, 0.2) is 95.8 Å². The summed E-state index contributed by atoms with van der Waals surface area (Å²) in [5.41, 5.74) is 6.01. The number of para-hydroxylation sites is 1. The van der Waals surface area contributed by atoms with Gasteiger partial charge in [-0.05, 0) is 97.0 Å². The highest BCUT2D eigenvalue weighted by atomic mass is 19.1. The summed E-state index contributed by atoms with van der Waals surface area (Å²) in [4.78, 5) is 138. The molecule has 0 saturated heterocycles. The Labute approximate surface area is 721 Å². The van der Waals surface area contributed by atoms with Crippen LogP contribution in [-0.4, -0.2) is 252 Å². The molecule has 0 bridgehead atoms. The van der Waals surface area contributed by atoms with Crippen LogP contribution in [0, 0.1) is 24.6 Å². The molecule has 124 heavy (non-hydrogen) atoms. The molecule has 5 N–H and O–H groups in total. The second-order valence-corrected chi connectivity index (χ2v) is 30.2. The molecular formula is C92H116FN7O24. The molecule has 6 aromatic rings. The molecule has 5 heterocycles. The first-order valence-electron chi connectivity index (χ1n) is 42.8. The fourth-order valence-electron chi connectivity index (χ4n) is 14.8. The highest BCUT2D eigenvalue weighted by Crippen LogP contribution is 2.48. The Morgan fingerprint density at radius 1 is 0.556 bits per heavy atom. The van der Waals surface area contributed by atoms with Crippen molar-refractivity contribution in [2.45, 2.75) is 141 Å². The number of ketones is 3. The van der Waals surface area contributed by atoms with Crippen molar-refractivity contribution in [3.8, 4) is 23.2 Å². The summed E-state index contributed by atoms with van der Waals surface area (Å²) < 4.78 is 88.8. The summed E-state index contributed by atoms with van der Waals surface area (Å²) >= 11 is 0. The van der Waals surface area contributed by atoms with Gasteiger partial charge in [-0.3, -0.25) is 43.2 Å². The van der Waals surface area contributed by atoms with Crippen molar-refractivity contribution in [3.05, 3.63) is 163 Å². The third-order valence-electron chi connectivity index (χ3n) is 21.5. The smallest absolute Gasteiger partial charge is 0.343 e. The SMILES string of the molecule is CC[C@@]1(O)C(=O)OCc2c1cc1n(c2=O)Cc2c-1nc1cc(F)c(C)c3c1c2[C@@H](CC(=O)CCCNC(=O)CCC(=O)[C@@H](Cc1ccccc1)NC(=O)CCC(=O)CNC(=O)CCOCCOCCOCCOCCOCCOCCOCCOCCOCCOCCOCCOCCNC(=O)CCC(=O)N1Cc2ccccc2C#Cc2ccccc21)CC3. The largest absolute Gasteiger partial charge is 0.458 e. The minimum Gasteiger partial charge on any atom is -0.458 e. The first kappa shape index (κ1) is 96.3. The average molecular weight is 1720 g/mol. The number of esters is 1. The molecule has 2 aromatic heterocycles. The highest BCUT2D eigenvalue weighted by molar-refractivity contribution is 5.98. The third-order valence-corrected chi connectivity index (χ3v) is 21.5. The fraction of sp³-hybridized carbons (Fsp3) is 0.533. The number of ether oxygens (including phenoxy) is 13. The molecule has 0 saturated carbocycles. The van der Waals surface area contributed by atoms with Gasteiger partial charge in [0.15, 0.2) is 17.2 Å². The number of aryl methyl sites for hydroxylation is 1. The van der Waals surface area contributed by atoms with Gasteiger partial charge in [-0.15, -0.1) is 0 Å². The van der Waals surface area contributed by atoms with Crippen LogP contribution >= 0.6 is 0 Å². The number of aliphatic hydroxyl groups is 1. The normalized spacial score (nSPS) is 14.9. The van der Waals surface area contributed by atoms with Crippen molar-refractivity contribution in [1.29, 1.82) is 0 Å². The van der Waals surface area contributed by atoms with Gasteiger partial charge in [0, 0.05) is 105 Å². The van der Waals surface area contributed by atoms with Gasteiger partial charge in [0.05, 0.1) is 212 Å². The van der Waals surface area contributed by atoms with Crippen LogP contribution in [0.5, 0.6) is 0 Å². The number of cyclic esters (lactones) is 1. The van der Waals surface area contributed by atoms with Gasteiger partial charge in [-0.25, -0.2) is 14.2 Å². The van der Waals surface area contributed by atoms with Crippen molar-refractivity contribution in [2.75, 3.05) is 183 Å². The molecule has 0 spiro atoms. The number of fused-ring (bicyclic) bond motifs is 7. The van der Waals surface area contributed by atoms with E-state index < -0.39 is 46.7 Å². The van der Waals surface area contributed by atoms with Crippen molar-refractivity contribution in [2.24, 2.45) is 0 Å². The molecule has 0 radical (unpaired) electrons. The number of halogens is 1. The Kier molecular flexibility index (Phi) is 40.4. The van der Waals surface area contributed by atoms with E-state index in [0.717, 1.165) is 50.0 Å². The minimum atomic E-state index is -2.03. The predicted octanol–water partition coefficient (Wildman–Crippen LogP) is 6.39. The highest BCUT2D eigenvalue weighted by Gasteiger charge is 2.46. The minimum absolute atomic E-state index is 0.000425. The van der Waals surface area contributed by atoms with E-state index in [-0.39, 0.29) is 163 Å². The monoisotopic (exact) mass is 1720 g/mol. The number of rotatable bonds is 61. The van der Waals surface area contributed by atoms with E-state index in [1.807, 2.05) is 66.7 Å². The van der Waals surface area contributed by atoms with E-state index in [9.17, 15) is 53.1 Å². The van der Waals surface area contributed by atoms with Gasteiger partial charge in [0.2, 0.25) is 29.5 Å². The van der Waals surface area contributed by atoms with Crippen LogP contribution in [0.1, 0.15) is 146 Å². The van der Waals surface area contributed by atoms with Crippen LogP contribution in [0.2, 0.25) is 0 Å². The van der Waals surface area contributed by atoms with Gasteiger partial charge in [-0.1, -0.05) is 79.4 Å². The maximum absolute atomic E-state index is 15.5. The maximum atomic E-state index is 15.5. The number of anilines is 1. The van der Waals surface area contributed by atoms with E-state index >= 15 is 4.39 Å². The number of hydrogen-bond donors (Lipinski definition) is 5. The van der Waals surface area contributed by atoms with Crippen LogP contribution in [-0.2, 0) is 143 Å². The molecule has 670 valence electrons. The Hall–Kier alpha value is -9.96. The second kappa shape index (κ2) is 52.1. The summed E-state index contributed by atoms with van der Waals surface area (Å²) in [5.74, 6) is 2.26. The lowest BCUT2D eigenvalue weighted by atomic mass is 9.76. The molecule has 0 unspecified atom stereocenters. The van der Waals surface area contributed by atoms with E-state index in [2.05, 4.69) is 33.1 Å². The number of nitrogens with one attached hydrogen (secondary N) is 4. The van der Waals surface area contributed by atoms with Crippen LogP contribution in [0.3, 0.4) is 0 Å². The van der Waals surface area contributed by atoms with E-state index in [0.29, 0.717) is 194 Å². The molecule has 4 aromatic carbocycles. The third kappa shape index (κ3) is 29.9. The lowest BCUT2D eigenvalue weighted by Gasteiger charge is -2.31. The molecule has 0 fully saturated rings. The summed E-state index contributed by atoms with van der Waals surface area (Å²) in [5, 5.41) is 23.1. The molecule has 5 amide bonds. The Morgan fingerprint density at radius 2 is 1.08 bits per heavy atom. The molecule has 32 heteroatoms. The molecule has 4 aliphatic rings. The summed E-state index contributed by atoms with van der Waals surface area (Å²) in [6, 6.07) is 26.3. The van der Waals surface area contributed by atoms with E-state index in [4.69, 9.17) is 66.6 Å². The maximum Gasteiger partial charge on any atom is 0.343 e. The van der Waals surface area contributed by atoms with Gasteiger partial charge >= 0.3 is 5.97 Å². The summed E-state index contributed by atoms with van der Waals surface area (Å²) in [7, 11) is 0. The molecule has 3 atom stereocenters. The van der Waals surface area contributed by atoms with E-state index in [1.54, 1.807) is 36.9 Å². The Morgan fingerprint density at radius 3 is 1.69 bits per heavy atom. The number of aromatic nitrogens is 2. The lowest BCUT2D eigenvalue weighted by molar-refractivity contribution is -0.172.